The van der Waals surface area contributed by atoms with E-state index in [4.69, 9.17) is 0 Å². The lowest BCUT2D eigenvalue weighted by Crippen LogP contribution is -2.42. The van der Waals surface area contributed by atoms with Gasteiger partial charge in [0.2, 0.25) is 0 Å². The van der Waals surface area contributed by atoms with E-state index in [1.807, 2.05) is 6.92 Å². The maximum Gasteiger partial charge on any atom is 0.0897 e. The number of aromatic nitrogens is 1. The van der Waals surface area contributed by atoms with Crippen molar-refractivity contribution in [2.24, 2.45) is 5.92 Å². The van der Waals surface area contributed by atoms with Gasteiger partial charge in [0, 0.05) is 11.8 Å². The van der Waals surface area contributed by atoms with Gasteiger partial charge in [-0.2, -0.15) is 0 Å². The van der Waals surface area contributed by atoms with Crippen molar-refractivity contribution in [2.45, 2.75) is 58.0 Å². The van der Waals surface area contributed by atoms with Gasteiger partial charge in [-0.1, -0.05) is 26.2 Å². The number of hydrogen-bond acceptors (Lipinski definition) is 3. The summed E-state index contributed by atoms with van der Waals surface area (Å²) >= 11 is 1.68. The number of aliphatic hydroxyl groups is 1. The summed E-state index contributed by atoms with van der Waals surface area (Å²) in [4.78, 5) is 4.48. The predicted molar refractivity (Wildman–Crippen MR) is 67.8 cm³/mol. The zero-order valence-electron chi connectivity index (χ0n) is 10.2. The third kappa shape index (κ3) is 2.46. The van der Waals surface area contributed by atoms with Gasteiger partial charge < -0.3 is 5.11 Å². The summed E-state index contributed by atoms with van der Waals surface area (Å²) in [5.41, 5.74) is 0.582. The summed E-state index contributed by atoms with van der Waals surface area (Å²) in [6, 6.07) is 0. The molecule has 0 bridgehead atoms. The molecule has 2 nitrogen and oxygen atoms in total. The Morgan fingerprint density at radius 3 is 3.00 bits per heavy atom. The molecule has 0 spiro atoms. The lowest BCUT2D eigenvalue weighted by Gasteiger charge is -2.39. The van der Waals surface area contributed by atoms with E-state index in [0.29, 0.717) is 5.92 Å². The molecule has 2 rings (SSSR count). The summed E-state index contributed by atoms with van der Waals surface area (Å²) in [6.07, 6.45) is 6.39. The molecule has 2 unspecified atom stereocenters. The molecule has 1 heterocycles. The summed E-state index contributed by atoms with van der Waals surface area (Å²) in [7, 11) is 0. The molecule has 0 aliphatic heterocycles. The van der Waals surface area contributed by atoms with Gasteiger partial charge in [0.25, 0.3) is 0 Å². The van der Waals surface area contributed by atoms with Crippen molar-refractivity contribution >= 4 is 11.3 Å². The molecule has 1 aromatic rings. The van der Waals surface area contributed by atoms with Crippen LogP contribution in [0.1, 0.15) is 49.7 Å². The molecule has 16 heavy (non-hydrogen) atoms. The SMILES string of the molecule is CCC1CCCCC1(O)Cc1csc(C)n1. The second-order valence-corrected chi connectivity index (χ2v) is 6.05. The van der Waals surface area contributed by atoms with E-state index in [-0.39, 0.29) is 0 Å². The monoisotopic (exact) mass is 239 g/mol. The Kier molecular flexibility index (Phi) is 3.65. The fourth-order valence-electron chi connectivity index (χ4n) is 2.91. The second-order valence-electron chi connectivity index (χ2n) is 4.99. The Labute approximate surface area is 102 Å². The van der Waals surface area contributed by atoms with Crippen molar-refractivity contribution in [3.8, 4) is 0 Å². The van der Waals surface area contributed by atoms with Gasteiger partial charge in [-0.05, 0) is 25.7 Å². The van der Waals surface area contributed by atoms with Gasteiger partial charge in [0.05, 0.1) is 16.3 Å². The highest BCUT2D eigenvalue weighted by molar-refractivity contribution is 7.09. The highest BCUT2D eigenvalue weighted by Crippen LogP contribution is 2.38. The van der Waals surface area contributed by atoms with Crippen molar-refractivity contribution in [1.29, 1.82) is 0 Å². The number of hydrogen-bond donors (Lipinski definition) is 1. The van der Waals surface area contributed by atoms with Crippen LogP contribution in [-0.2, 0) is 6.42 Å². The summed E-state index contributed by atoms with van der Waals surface area (Å²) in [6.45, 7) is 4.21. The van der Waals surface area contributed by atoms with Gasteiger partial charge in [0.1, 0.15) is 0 Å². The lowest BCUT2D eigenvalue weighted by molar-refractivity contribution is -0.0497. The van der Waals surface area contributed by atoms with Gasteiger partial charge in [-0.15, -0.1) is 11.3 Å². The number of rotatable bonds is 3. The number of aryl methyl sites for hydroxylation is 1. The molecule has 1 aliphatic rings. The molecule has 1 saturated carbocycles. The zero-order chi connectivity index (χ0) is 11.6. The molecule has 1 aliphatic carbocycles. The maximum absolute atomic E-state index is 10.8. The standard InChI is InChI=1S/C13H21NOS/c1-3-11-6-4-5-7-13(11,15)8-12-9-16-10(2)14-12/h9,11,15H,3-8H2,1-2H3. The van der Waals surface area contributed by atoms with E-state index in [2.05, 4.69) is 17.3 Å². The van der Waals surface area contributed by atoms with Crippen LogP contribution in [0.3, 0.4) is 0 Å². The Hall–Kier alpha value is -0.410. The van der Waals surface area contributed by atoms with E-state index in [0.717, 1.165) is 36.4 Å². The molecule has 90 valence electrons. The Morgan fingerprint density at radius 1 is 1.56 bits per heavy atom. The maximum atomic E-state index is 10.8. The molecular formula is C13H21NOS. The smallest absolute Gasteiger partial charge is 0.0897 e. The first-order chi connectivity index (χ1) is 7.64. The normalized spacial score (nSPS) is 30.6. The lowest BCUT2D eigenvalue weighted by atomic mass is 9.72. The van der Waals surface area contributed by atoms with Crippen LogP contribution in [0.5, 0.6) is 0 Å². The summed E-state index contributed by atoms with van der Waals surface area (Å²) in [5.74, 6) is 0.461. The van der Waals surface area contributed by atoms with Crippen molar-refractivity contribution in [3.05, 3.63) is 16.1 Å². The molecule has 2 atom stereocenters. The molecule has 0 radical (unpaired) electrons. The third-order valence-corrected chi connectivity index (χ3v) is 4.64. The minimum absolute atomic E-state index is 0.461. The van der Waals surface area contributed by atoms with E-state index >= 15 is 0 Å². The fraction of sp³-hybridized carbons (Fsp3) is 0.769. The van der Waals surface area contributed by atoms with Crippen LogP contribution >= 0.6 is 11.3 Å². The van der Waals surface area contributed by atoms with E-state index < -0.39 is 5.60 Å². The largest absolute Gasteiger partial charge is 0.389 e. The highest BCUT2D eigenvalue weighted by Gasteiger charge is 2.38. The molecule has 0 aromatic carbocycles. The minimum Gasteiger partial charge on any atom is -0.389 e. The van der Waals surface area contributed by atoms with Crippen LogP contribution < -0.4 is 0 Å². The van der Waals surface area contributed by atoms with Crippen molar-refractivity contribution < 1.29 is 5.11 Å². The topological polar surface area (TPSA) is 33.1 Å². The molecule has 0 amide bonds. The molecule has 1 N–H and O–H groups in total. The van der Waals surface area contributed by atoms with Crippen LogP contribution in [0, 0.1) is 12.8 Å². The number of thiazole rings is 1. The summed E-state index contributed by atoms with van der Waals surface area (Å²) < 4.78 is 0. The number of nitrogens with zero attached hydrogens (tertiary/aromatic N) is 1. The molecule has 3 heteroatoms. The Balaban J connectivity index is 2.10. The average molecular weight is 239 g/mol. The Bertz CT molecular complexity index is 349. The average Bonchev–Trinajstić information content (AvgIpc) is 2.64. The minimum atomic E-state index is -0.493. The van der Waals surface area contributed by atoms with E-state index in [1.165, 1.54) is 12.8 Å². The van der Waals surface area contributed by atoms with Crippen LogP contribution in [0.4, 0.5) is 0 Å². The predicted octanol–water partition coefficient (Wildman–Crippen LogP) is 3.33. The Morgan fingerprint density at radius 2 is 2.38 bits per heavy atom. The first-order valence-electron chi connectivity index (χ1n) is 6.27. The van der Waals surface area contributed by atoms with Gasteiger partial charge >= 0.3 is 0 Å². The van der Waals surface area contributed by atoms with Crippen LogP contribution in [0.2, 0.25) is 0 Å². The van der Waals surface area contributed by atoms with Crippen LogP contribution in [-0.4, -0.2) is 15.7 Å². The molecule has 1 fully saturated rings. The quantitative estimate of drug-likeness (QED) is 0.877. The van der Waals surface area contributed by atoms with Crippen molar-refractivity contribution in [2.75, 3.05) is 0 Å². The zero-order valence-corrected chi connectivity index (χ0v) is 11.0. The molecular weight excluding hydrogens is 218 g/mol. The van der Waals surface area contributed by atoms with Gasteiger partial charge in [0.15, 0.2) is 0 Å². The molecule has 1 aromatic heterocycles. The van der Waals surface area contributed by atoms with E-state index in [9.17, 15) is 5.11 Å². The highest BCUT2D eigenvalue weighted by atomic mass is 32.1. The van der Waals surface area contributed by atoms with Gasteiger partial charge in [-0.25, -0.2) is 4.98 Å². The van der Waals surface area contributed by atoms with Crippen molar-refractivity contribution in [3.63, 3.8) is 0 Å². The van der Waals surface area contributed by atoms with Crippen LogP contribution in [0.15, 0.2) is 5.38 Å². The fourth-order valence-corrected chi connectivity index (χ4v) is 3.53. The first kappa shape index (κ1) is 12.1. The first-order valence-corrected chi connectivity index (χ1v) is 7.15. The summed E-state index contributed by atoms with van der Waals surface area (Å²) in [5, 5.41) is 13.9. The molecule has 0 saturated heterocycles. The third-order valence-electron chi connectivity index (χ3n) is 3.82. The van der Waals surface area contributed by atoms with Crippen LogP contribution in [0.25, 0.3) is 0 Å². The van der Waals surface area contributed by atoms with Gasteiger partial charge in [-0.3, -0.25) is 0 Å². The second kappa shape index (κ2) is 4.84. The van der Waals surface area contributed by atoms with E-state index in [1.54, 1.807) is 11.3 Å². The van der Waals surface area contributed by atoms with Crippen molar-refractivity contribution in [1.82, 2.24) is 4.98 Å².